The van der Waals surface area contributed by atoms with E-state index in [1.807, 2.05) is 6.92 Å². The van der Waals surface area contributed by atoms with Crippen LogP contribution in [0.3, 0.4) is 0 Å². The summed E-state index contributed by atoms with van der Waals surface area (Å²) in [5, 5.41) is 3.37. The molecule has 0 bridgehead atoms. The normalized spacial score (nSPS) is 21.5. The van der Waals surface area contributed by atoms with Gasteiger partial charge in [-0.2, -0.15) is 0 Å². The standard InChI is InChI=1S/C11H17N3O/c1-8-13-10(6-11(15)14-8)5-9-3-2-4-12-7-9/h6,9,12H,2-5,7H2,1H3,(H,13,14,15). The summed E-state index contributed by atoms with van der Waals surface area (Å²) in [5.41, 5.74) is 0.881. The Labute approximate surface area is 89.1 Å². The van der Waals surface area contributed by atoms with E-state index in [0.717, 1.165) is 25.2 Å². The van der Waals surface area contributed by atoms with Crippen LogP contribution >= 0.6 is 0 Å². The number of aromatic nitrogens is 2. The molecule has 0 saturated carbocycles. The molecule has 2 N–H and O–H groups in total. The summed E-state index contributed by atoms with van der Waals surface area (Å²) < 4.78 is 0. The van der Waals surface area contributed by atoms with E-state index in [-0.39, 0.29) is 5.56 Å². The molecule has 0 spiro atoms. The number of aryl methyl sites for hydroxylation is 1. The maximum atomic E-state index is 11.2. The van der Waals surface area contributed by atoms with Gasteiger partial charge in [-0.15, -0.1) is 0 Å². The average molecular weight is 207 g/mol. The van der Waals surface area contributed by atoms with Gasteiger partial charge in [-0.05, 0) is 45.2 Å². The Kier molecular flexibility index (Phi) is 3.16. The molecule has 0 radical (unpaired) electrons. The molecule has 15 heavy (non-hydrogen) atoms. The molecule has 4 nitrogen and oxygen atoms in total. The second-order valence-corrected chi connectivity index (χ2v) is 4.24. The van der Waals surface area contributed by atoms with Crippen molar-refractivity contribution in [3.8, 4) is 0 Å². The van der Waals surface area contributed by atoms with Crippen LogP contribution in [0.25, 0.3) is 0 Å². The first-order valence-corrected chi connectivity index (χ1v) is 5.51. The van der Waals surface area contributed by atoms with Crippen LogP contribution in [0, 0.1) is 12.8 Å². The molecular weight excluding hydrogens is 190 g/mol. The molecule has 1 fully saturated rings. The highest BCUT2D eigenvalue weighted by Gasteiger charge is 2.14. The predicted molar refractivity (Wildman–Crippen MR) is 58.9 cm³/mol. The Balaban J connectivity index is 2.06. The number of H-pyrrole nitrogens is 1. The fourth-order valence-electron chi connectivity index (χ4n) is 2.14. The molecular formula is C11H17N3O. The van der Waals surface area contributed by atoms with Gasteiger partial charge in [0.15, 0.2) is 0 Å². The van der Waals surface area contributed by atoms with Gasteiger partial charge in [-0.1, -0.05) is 0 Å². The van der Waals surface area contributed by atoms with Gasteiger partial charge in [0.05, 0.1) is 0 Å². The van der Waals surface area contributed by atoms with Crippen LogP contribution in [-0.2, 0) is 6.42 Å². The lowest BCUT2D eigenvalue weighted by Crippen LogP contribution is -2.31. The molecule has 1 aromatic heterocycles. The Bertz CT molecular complexity index is 380. The molecule has 4 heteroatoms. The van der Waals surface area contributed by atoms with E-state index in [2.05, 4.69) is 15.3 Å². The molecule has 0 aromatic carbocycles. The Hall–Kier alpha value is -1.16. The Morgan fingerprint density at radius 3 is 3.13 bits per heavy atom. The summed E-state index contributed by atoms with van der Waals surface area (Å²) >= 11 is 0. The molecule has 2 rings (SSSR count). The highest BCUT2D eigenvalue weighted by molar-refractivity contribution is 5.03. The van der Waals surface area contributed by atoms with Crippen molar-refractivity contribution in [1.29, 1.82) is 0 Å². The van der Waals surface area contributed by atoms with Crippen LogP contribution in [0.2, 0.25) is 0 Å². The lowest BCUT2D eigenvalue weighted by molar-refractivity contribution is 0.373. The minimum atomic E-state index is -0.0405. The highest BCUT2D eigenvalue weighted by atomic mass is 16.1. The smallest absolute Gasteiger partial charge is 0.251 e. The maximum absolute atomic E-state index is 11.2. The van der Waals surface area contributed by atoms with Gasteiger partial charge in [-0.25, -0.2) is 4.98 Å². The second-order valence-electron chi connectivity index (χ2n) is 4.24. The van der Waals surface area contributed by atoms with E-state index in [1.54, 1.807) is 6.07 Å². The molecule has 0 amide bonds. The molecule has 1 atom stereocenters. The second kappa shape index (κ2) is 4.57. The molecule has 1 aliphatic heterocycles. The van der Waals surface area contributed by atoms with Crippen LogP contribution in [0.1, 0.15) is 24.4 Å². The lowest BCUT2D eigenvalue weighted by atomic mass is 9.94. The number of nitrogens with one attached hydrogen (secondary N) is 2. The van der Waals surface area contributed by atoms with Crippen LogP contribution in [-0.4, -0.2) is 23.1 Å². The fraction of sp³-hybridized carbons (Fsp3) is 0.636. The van der Waals surface area contributed by atoms with Gasteiger partial charge in [0.2, 0.25) is 0 Å². The van der Waals surface area contributed by atoms with E-state index in [4.69, 9.17) is 0 Å². The maximum Gasteiger partial charge on any atom is 0.251 e. The van der Waals surface area contributed by atoms with Crippen molar-refractivity contribution >= 4 is 0 Å². The van der Waals surface area contributed by atoms with Gasteiger partial charge in [0.25, 0.3) is 5.56 Å². The van der Waals surface area contributed by atoms with Crippen molar-refractivity contribution in [2.75, 3.05) is 13.1 Å². The van der Waals surface area contributed by atoms with Crippen molar-refractivity contribution in [2.45, 2.75) is 26.2 Å². The first-order valence-electron chi connectivity index (χ1n) is 5.51. The van der Waals surface area contributed by atoms with Crippen LogP contribution in [0.5, 0.6) is 0 Å². The topological polar surface area (TPSA) is 57.8 Å². The average Bonchev–Trinajstić information content (AvgIpc) is 2.17. The number of hydrogen-bond donors (Lipinski definition) is 2. The summed E-state index contributed by atoms with van der Waals surface area (Å²) in [6, 6.07) is 1.61. The first kappa shape index (κ1) is 10.4. The molecule has 1 unspecified atom stereocenters. The molecule has 0 aliphatic carbocycles. The van der Waals surface area contributed by atoms with Gasteiger partial charge >= 0.3 is 0 Å². The summed E-state index contributed by atoms with van der Waals surface area (Å²) in [6.07, 6.45) is 3.38. The third kappa shape index (κ3) is 2.89. The third-order valence-corrected chi connectivity index (χ3v) is 2.81. The minimum absolute atomic E-state index is 0.0405. The van der Waals surface area contributed by atoms with Crippen molar-refractivity contribution in [3.63, 3.8) is 0 Å². The van der Waals surface area contributed by atoms with Crippen molar-refractivity contribution in [1.82, 2.24) is 15.3 Å². The zero-order chi connectivity index (χ0) is 10.7. The summed E-state index contributed by atoms with van der Waals surface area (Å²) in [6.45, 7) is 4.00. The van der Waals surface area contributed by atoms with E-state index in [1.165, 1.54) is 12.8 Å². The highest BCUT2D eigenvalue weighted by Crippen LogP contribution is 2.14. The Morgan fingerprint density at radius 1 is 1.60 bits per heavy atom. The van der Waals surface area contributed by atoms with E-state index in [9.17, 15) is 4.79 Å². The van der Waals surface area contributed by atoms with Crippen LogP contribution in [0.15, 0.2) is 10.9 Å². The van der Waals surface area contributed by atoms with E-state index < -0.39 is 0 Å². The number of rotatable bonds is 2. The van der Waals surface area contributed by atoms with E-state index >= 15 is 0 Å². The Morgan fingerprint density at radius 2 is 2.47 bits per heavy atom. The van der Waals surface area contributed by atoms with Crippen LogP contribution in [0.4, 0.5) is 0 Å². The molecule has 1 saturated heterocycles. The summed E-state index contributed by atoms with van der Waals surface area (Å²) in [5.74, 6) is 1.34. The van der Waals surface area contributed by atoms with Crippen LogP contribution < -0.4 is 10.9 Å². The number of piperidine rings is 1. The number of aromatic amines is 1. The van der Waals surface area contributed by atoms with Crippen molar-refractivity contribution in [2.24, 2.45) is 5.92 Å². The predicted octanol–water partition coefficient (Wildman–Crippen LogP) is 0.620. The number of nitrogens with zero attached hydrogens (tertiary/aromatic N) is 1. The monoisotopic (exact) mass is 207 g/mol. The van der Waals surface area contributed by atoms with Gasteiger partial charge in [0.1, 0.15) is 5.82 Å². The lowest BCUT2D eigenvalue weighted by Gasteiger charge is -2.22. The summed E-state index contributed by atoms with van der Waals surface area (Å²) in [7, 11) is 0. The van der Waals surface area contributed by atoms with Gasteiger partial charge in [-0.3, -0.25) is 4.79 Å². The zero-order valence-electron chi connectivity index (χ0n) is 9.05. The quantitative estimate of drug-likeness (QED) is 0.747. The largest absolute Gasteiger partial charge is 0.316 e. The molecule has 1 aromatic rings. The molecule has 1 aliphatic rings. The molecule has 82 valence electrons. The van der Waals surface area contributed by atoms with Gasteiger partial charge < -0.3 is 10.3 Å². The van der Waals surface area contributed by atoms with Crippen molar-refractivity contribution in [3.05, 3.63) is 27.9 Å². The third-order valence-electron chi connectivity index (χ3n) is 2.81. The molecule has 2 heterocycles. The first-order chi connectivity index (χ1) is 7.24. The number of hydrogen-bond acceptors (Lipinski definition) is 3. The minimum Gasteiger partial charge on any atom is -0.316 e. The van der Waals surface area contributed by atoms with Crippen molar-refractivity contribution < 1.29 is 0 Å². The summed E-state index contributed by atoms with van der Waals surface area (Å²) in [4.78, 5) is 18.3. The van der Waals surface area contributed by atoms with E-state index in [0.29, 0.717) is 11.7 Å². The van der Waals surface area contributed by atoms with Gasteiger partial charge in [0, 0.05) is 11.8 Å². The SMILES string of the molecule is Cc1nc(CC2CCCNC2)cc(=O)[nH]1. The fourth-order valence-corrected chi connectivity index (χ4v) is 2.14. The zero-order valence-corrected chi connectivity index (χ0v) is 9.05.